The van der Waals surface area contributed by atoms with E-state index in [0.717, 1.165) is 52.6 Å². The number of methoxy groups -OCH3 is 1. The van der Waals surface area contributed by atoms with E-state index in [1.165, 1.54) is 12.0 Å². The predicted molar refractivity (Wildman–Crippen MR) is 140 cm³/mol. The van der Waals surface area contributed by atoms with Crippen molar-refractivity contribution >= 4 is 21.8 Å². The summed E-state index contributed by atoms with van der Waals surface area (Å²) in [5.41, 5.74) is 4.20. The Balaban J connectivity index is 1.47. The number of hydrogen-bond donors (Lipinski definition) is 0. The molecule has 3 saturated heterocycles. The number of para-hydroxylation sites is 1. The smallest absolute Gasteiger partial charge is 0.214 e. The monoisotopic (exact) mass is 465 g/mol. The zero-order valence-corrected chi connectivity index (χ0v) is 20.4. The van der Waals surface area contributed by atoms with E-state index in [0.29, 0.717) is 17.7 Å². The minimum Gasteiger partial charge on any atom is -0.497 e. The van der Waals surface area contributed by atoms with Gasteiger partial charge in [-0.1, -0.05) is 24.3 Å². The van der Waals surface area contributed by atoms with Crippen LogP contribution in [0.3, 0.4) is 0 Å². The molecule has 2 bridgehead atoms. The summed E-state index contributed by atoms with van der Waals surface area (Å²) in [6.45, 7) is 8.36. The number of piperidine rings is 3. The van der Waals surface area contributed by atoms with Crippen molar-refractivity contribution in [2.24, 2.45) is 11.8 Å². The number of nitrogens with zero attached hydrogens (tertiary/aromatic N) is 3. The molecule has 2 aromatic heterocycles. The number of benzene rings is 2. The highest BCUT2D eigenvalue weighted by atomic mass is 16.5. The second-order valence-corrected chi connectivity index (χ2v) is 9.86. The minimum atomic E-state index is -0.172. The van der Waals surface area contributed by atoms with E-state index in [-0.39, 0.29) is 12.1 Å². The van der Waals surface area contributed by atoms with Gasteiger partial charge in [0.25, 0.3) is 0 Å². The molecule has 5 atom stereocenters. The van der Waals surface area contributed by atoms with Gasteiger partial charge in [-0.3, -0.25) is 9.88 Å². The average Bonchev–Trinajstić information content (AvgIpc) is 2.91. The molecular formula is C30H31N3O2. The summed E-state index contributed by atoms with van der Waals surface area (Å²) in [5.74, 6) is 2.68. The van der Waals surface area contributed by atoms with Crippen molar-refractivity contribution in [1.82, 2.24) is 14.9 Å². The molecule has 0 amide bonds. The van der Waals surface area contributed by atoms with Crippen molar-refractivity contribution < 1.29 is 9.47 Å². The highest BCUT2D eigenvalue weighted by Gasteiger charge is 2.44. The number of fused-ring (bicyclic) bond motifs is 5. The Bertz CT molecular complexity index is 1400. The lowest BCUT2D eigenvalue weighted by Crippen LogP contribution is -2.55. The van der Waals surface area contributed by atoms with Gasteiger partial charge < -0.3 is 9.47 Å². The van der Waals surface area contributed by atoms with Crippen molar-refractivity contribution in [3.8, 4) is 11.6 Å². The van der Waals surface area contributed by atoms with Crippen LogP contribution in [0.4, 0.5) is 0 Å². The maximum atomic E-state index is 6.88. The van der Waals surface area contributed by atoms with Crippen LogP contribution < -0.4 is 9.47 Å². The fourth-order valence-corrected chi connectivity index (χ4v) is 6.07. The van der Waals surface area contributed by atoms with Crippen LogP contribution in [0.5, 0.6) is 11.6 Å². The Hall–Kier alpha value is -3.44. The number of aryl methyl sites for hydroxylation is 1. The van der Waals surface area contributed by atoms with Gasteiger partial charge in [0.15, 0.2) is 0 Å². The molecule has 4 aromatic rings. The molecule has 5 nitrogen and oxygen atoms in total. The molecule has 3 aliphatic heterocycles. The third-order valence-corrected chi connectivity index (χ3v) is 7.94. The Morgan fingerprint density at radius 2 is 1.97 bits per heavy atom. The quantitative estimate of drug-likeness (QED) is 0.321. The van der Waals surface area contributed by atoms with Gasteiger partial charge in [-0.05, 0) is 74.0 Å². The predicted octanol–water partition coefficient (Wildman–Crippen LogP) is 6.12. The molecule has 5 heterocycles. The zero-order valence-electron chi connectivity index (χ0n) is 20.4. The van der Waals surface area contributed by atoms with Gasteiger partial charge in [0.1, 0.15) is 11.9 Å². The molecule has 3 fully saturated rings. The van der Waals surface area contributed by atoms with Crippen molar-refractivity contribution in [2.45, 2.75) is 31.9 Å². The third kappa shape index (κ3) is 3.94. The molecule has 5 heteroatoms. The van der Waals surface area contributed by atoms with E-state index in [1.807, 2.05) is 24.4 Å². The van der Waals surface area contributed by atoms with Gasteiger partial charge in [-0.25, -0.2) is 4.98 Å². The summed E-state index contributed by atoms with van der Waals surface area (Å²) in [5, 5.41) is 2.22. The largest absolute Gasteiger partial charge is 0.497 e. The molecule has 35 heavy (non-hydrogen) atoms. The molecule has 0 radical (unpaired) electrons. The molecule has 178 valence electrons. The molecule has 5 unspecified atom stereocenters. The van der Waals surface area contributed by atoms with Gasteiger partial charge in [0.2, 0.25) is 5.88 Å². The van der Waals surface area contributed by atoms with E-state index in [9.17, 15) is 0 Å². The van der Waals surface area contributed by atoms with Crippen LogP contribution in [0.25, 0.3) is 21.8 Å². The first kappa shape index (κ1) is 22.1. The average molecular weight is 466 g/mol. The number of hydrogen-bond acceptors (Lipinski definition) is 5. The van der Waals surface area contributed by atoms with Crippen LogP contribution in [-0.4, -0.2) is 41.1 Å². The zero-order chi connectivity index (χ0) is 23.9. The lowest BCUT2D eigenvalue weighted by molar-refractivity contribution is -0.0367. The lowest BCUT2D eigenvalue weighted by Gasteiger charge is -2.51. The molecule has 3 aliphatic rings. The van der Waals surface area contributed by atoms with E-state index >= 15 is 0 Å². The molecule has 0 spiro atoms. The summed E-state index contributed by atoms with van der Waals surface area (Å²) >= 11 is 0. The highest BCUT2D eigenvalue weighted by molar-refractivity contribution is 5.84. The summed E-state index contributed by atoms with van der Waals surface area (Å²) in [6, 6.07) is 18.8. The number of aromatic nitrogens is 2. The van der Waals surface area contributed by atoms with Crippen LogP contribution in [0.2, 0.25) is 0 Å². The van der Waals surface area contributed by atoms with Crippen LogP contribution >= 0.6 is 0 Å². The molecule has 0 saturated carbocycles. The maximum absolute atomic E-state index is 6.88. The van der Waals surface area contributed by atoms with Crippen molar-refractivity contribution in [2.75, 3.05) is 20.2 Å². The van der Waals surface area contributed by atoms with Crippen LogP contribution in [-0.2, 0) is 0 Å². The summed E-state index contributed by atoms with van der Waals surface area (Å²) in [4.78, 5) is 12.1. The Morgan fingerprint density at radius 1 is 1.09 bits per heavy atom. The first-order valence-corrected chi connectivity index (χ1v) is 12.5. The van der Waals surface area contributed by atoms with Crippen LogP contribution in [0.15, 0.2) is 73.4 Å². The Labute approximate surface area is 206 Å². The van der Waals surface area contributed by atoms with Crippen molar-refractivity contribution in [3.63, 3.8) is 0 Å². The highest BCUT2D eigenvalue weighted by Crippen LogP contribution is 2.44. The van der Waals surface area contributed by atoms with E-state index in [4.69, 9.17) is 14.5 Å². The second-order valence-electron chi connectivity index (χ2n) is 9.86. The van der Waals surface area contributed by atoms with E-state index < -0.39 is 0 Å². The SMILES string of the molecule is C=CC1CN2CCC1CC2C(Oc1cc(C)c2ccccc2n1)c1ccnc2ccc(OC)cc12. The first-order valence-electron chi connectivity index (χ1n) is 12.5. The third-order valence-electron chi connectivity index (χ3n) is 7.94. The summed E-state index contributed by atoms with van der Waals surface area (Å²) in [7, 11) is 1.70. The summed E-state index contributed by atoms with van der Waals surface area (Å²) in [6.07, 6.45) is 6.17. The molecule has 0 aliphatic carbocycles. The normalized spacial score (nSPS) is 24.4. The van der Waals surface area contributed by atoms with E-state index in [1.54, 1.807) is 7.11 Å². The van der Waals surface area contributed by atoms with Crippen LogP contribution in [0.1, 0.15) is 30.1 Å². The molecular weight excluding hydrogens is 434 g/mol. The Morgan fingerprint density at radius 3 is 2.77 bits per heavy atom. The first-order chi connectivity index (χ1) is 17.1. The topological polar surface area (TPSA) is 47.5 Å². The second kappa shape index (κ2) is 8.97. The minimum absolute atomic E-state index is 0.172. The van der Waals surface area contributed by atoms with Crippen LogP contribution in [0, 0.1) is 18.8 Å². The Kier molecular flexibility index (Phi) is 5.65. The maximum Gasteiger partial charge on any atom is 0.214 e. The van der Waals surface area contributed by atoms with Crippen molar-refractivity contribution in [3.05, 3.63) is 84.6 Å². The summed E-state index contributed by atoms with van der Waals surface area (Å²) < 4.78 is 12.4. The molecule has 7 rings (SSSR count). The number of ether oxygens (including phenoxy) is 2. The fraction of sp³-hybridized carbons (Fsp3) is 0.333. The lowest BCUT2D eigenvalue weighted by atomic mass is 9.73. The van der Waals surface area contributed by atoms with Gasteiger partial charge >= 0.3 is 0 Å². The van der Waals surface area contributed by atoms with Gasteiger partial charge in [-0.15, -0.1) is 6.58 Å². The van der Waals surface area contributed by atoms with Gasteiger partial charge in [-0.2, -0.15) is 0 Å². The van der Waals surface area contributed by atoms with Crippen molar-refractivity contribution in [1.29, 1.82) is 0 Å². The number of pyridine rings is 2. The van der Waals surface area contributed by atoms with Gasteiger partial charge in [0.05, 0.1) is 24.2 Å². The standard InChI is InChI=1S/C30H31N3O2/c1-4-20-18-33-14-12-21(20)16-28(33)30(24-11-13-31-26-10-9-22(34-3)17-25(24)26)35-29-15-19(2)23-7-5-6-8-27(23)32-29/h4-11,13,15,17,20-21,28,30H,1,12,14,16,18H2,2-3H3. The number of rotatable bonds is 6. The molecule has 2 aromatic carbocycles. The van der Waals surface area contributed by atoms with Gasteiger partial charge in [0, 0.05) is 35.1 Å². The molecule has 0 N–H and O–H groups in total. The fourth-order valence-electron chi connectivity index (χ4n) is 6.07. The van der Waals surface area contributed by atoms with E-state index in [2.05, 4.69) is 65.9 Å².